The summed E-state index contributed by atoms with van der Waals surface area (Å²) >= 11 is 1.53. The first-order valence-electron chi connectivity index (χ1n) is 9.72. The van der Waals surface area contributed by atoms with Gasteiger partial charge in [-0.15, -0.1) is 21.5 Å². The lowest BCUT2D eigenvalue weighted by Gasteiger charge is -2.19. The lowest BCUT2D eigenvalue weighted by Crippen LogP contribution is -2.36. The summed E-state index contributed by atoms with van der Waals surface area (Å²) in [4.78, 5) is 26.0. The molecular formula is C21H22N6O2S. The number of nitrogens with zero attached hydrogens (tertiary/aromatic N) is 5. The zero-order valence-corrected chi connectivity index (χ0v) is 17.5. The lowest BCUT2D eigenvalue weighted by molar-refractivity contribution is -0.122. The molecule has 30 heavy (non-hydrogen) atoms. The summed E-state index contributed by atoms with van der Waals surface area (Å²) < 4.78 is 3.06. The number of carbonyl (C=O) groups is 1. The molecule has 0 aliphatic rings. The number of hydrogen-bond donors (Lipinski definition) is 1. The third kappa shape index (κ3) is 4.30. The second-order valence-corrected chi connectivity index (χ2v) is 8.38. The molecular weight excluding hydrogens is 400 g/mol. The predicted molar refractivity (Wildman–Crippen MR) is 115 cm³/mol. The van der Waals surface area contributed by atoms with Crippen molar-refractivity contribution >= 4 is 22.9 Å². The van der Waals surface area contributed by atoms with Crippen LogP contribution in [-0.4, -0.2) is 30.3 Å². The Labute approximate surface area is 177 Å². The molecule has 0 saturated carbocycles. The van der Waals surface area contributed by atoms with Gasteiger partial charge in [0.25, 0.3) is 5.56 Å². The molecule has 4 aromatic heterocycles. The van der Waals surface area contributed by atoms with Gasteiger partial charge in [0.2, 0.25) is 5.91 Å². The van der Waals surface area contributed by atoms with Crippen molar-refractivity contribution in [3.8, 4) is 10.6 Å². The van der Waals surface area contributed by atoms with E-state index in [2.05, 4.69) is 34.5 Å². The second kappa shape index (κ2) is 8.58. The van der Waals surface area contributed by atoms with Crippen molar-refractivity contribution in [1.29, 1.82) is 0 Å². The Morgan fingerprint density at radius 1 is 1.13 bits per heavy atom. The highest BCUT2D eigenvalue weighted by molar-refractivity contribution is 7.13. The highest BCUT2D eigenvalue weighted by Gasteiger charge is 2.22. The van der Waals surface area contributed by atoms with Crippen LogP contribution in [0.1, 0.15) is 32.1 Å². The fraction of sp³-hybridized carbons (Fsp3) is 0.286. The van der Waals surface area contributed by atoms with Crippen LogP contribution >= 0.6 is 11.3 Å². The highest BCUT2D eigenvalue weighted by Crippen LogP contribution is 2.22. The maximum absolute atomic E-state index is 12.8. The number of pyridine rings is 1. The molecule has 0 aliphatic heterocycles. The van der Waals surface area contributed by atoms with Gasteiger partial charge in [-0.3, -0.25) is 14.0 Å². The molecule has 0 fully saturated rings. The molecule has 4 heterocycles. The first-order valence-corrected chi connectivity index (χ1v) is 10.6. The largest absolute Gasteiger partial charge is 0.344 e. The molecule has 4 rings (SSSR count). The van der Waals surface area contributed by atoms with Gasteiger partial charge in [-0.25, -0.2) is 4.68 Å². The molecule has 0 unspecified atom stereocenters. The van der Waals surface area contributed by atoms with Crippen LogP contribution < -0.4 is 10.9 Å². The van der Waals surface area contributed by atoms with Crippen molar-refractivity contribution in [2.24, 2.45) is 5.92 Å². The quantitative estimate of drug-likeness (QED) is 0.494. The first-order chi connectivity index (χ1) is 14.5. The fourth-order valence-electron chi connectivity index (χ4n) is 3.29. The Kier molecular flexibility index (Phi) is 5.71. The fourth-order valence-corrected chi connectivity index (χ4v) is 3.98. The molecule has 0 radical (unpaired) electrons. The molecule has 1 amide bonds. The predicted octanol–water partition coefficient (Wildman–Crippen LogP) is 2.92. The maximum atomic E-state index is 12.8. The van der Waals surface area contributed by atoms with Crippen molar-refractivity contribution in [3.63, 3.8) is 0 Å². The molecule has 9 heteroatoms. The molecule has 1 atom stereocenters. The Morgan fingerprint density at radius 3 is 2.77 bits per heavy atom. The topological polar surface area (TPSA) is 94.2 Å². The molecule has 4 aromatic rings. The van der Waals surface area contributed by atoms with Crippen LogP contribution in [-0.2, 0) is 11.3 Å². The van der Waals surface area contributed by atoms with Crippen LogP contribution in [0, 0.1) is 5.92 Å². The zero-order chi connectivity index (χ0) is 21.1. The minimum Gasteiger partial charge on any atom is -0.344 e. The van der Waals surface area contributed by atoms with Crippen molar-refractivity contribution in [2.45, 2.75) is 32.9 Å². The van der Waals surface area contributed by atoms with Gasteiger partial charge in [0.05, 0.1) is 10.9 Å². The number of carbonyl (C=O) groups excluding carboxylic acids is 1. The normalized spacial score (nSPS) is 12.4. The molecule has 8 nitrogen and oxygen atoms in total. The maximum Gasteiger partial charge on any atom is 0.267 e. The summed E-state index contributed by atoms with van der Waals surface area (Å²) in [6.07, 6.45) is 2.57. The minimum atomic E-state index is -0.328. The van der Waals surface area contributed by atoms with E-state index in [0.717, 1.165) is 10.5 Å². The van der Waals surface area contributed by atoms with Crippen molar-refractivity contribution in [3.05, 3.63) is 70.2 Å². The average Bonchev–Trinajstić information content (AvgIpc) is 3.39. The summed E-state index contributed by atoms with van der Waals surface area (Å²) in [6.45, 7) is 4.00. The summed E-state index contributed by atoms with van der Waals surface area (Å²) in [5, 5.41) is 17.8. The van der Waals surface area contributed by atoms with E-state index < -0.39 is 0 Å². The van der Waals surface area contributed by atoms with E-state index in [-0.39, 0.29) is 24.1 Å². The SMILES string of the molecule is CC(C)C[C@H](NC(=O)Cn1nc(-c2cccs2)ccc1=O)c1nnc2ccccn12. The van der Waals surface area contributed by atoms with Gasteiger partial charge in [-0.05, 0) is 42.0 Å². The van der Waals surface area contributed by atoms with Gasteiger partial charge >= 0.3 is 0 Å². The van der Waals surface area contributed by atoms with Crippen LogP contribution in [0.3, 0.4) is 0 Å². The van der Waals surface area contributed by atoms with Gasteiger partial charge in [0.1, 0.15) is 12.2 Å². The van der Waals surface area contributed by atoms with E-state index in [9.17, 15) is 9.59 Å². The molecule has 0 aliphatic carbocycles. The smallest absolute Gasteiger partial charge is 0.267 e. The van der Waals surface area contributed by atoms with E-state index in [0.29, 0.717) is 23.9 Å². The zero-order valence-electron chi connectivity index (χ0n) is 16.7. The first kappa shape index (κ1) is 20.0. The highest BCUT2D eigenvalue weighted by atomic mass is 32.1. The van der Waals surface area contributed by atoms with Crippen molar-refractivity contribution in [2.75, 3.05) is 0 Å². The third-order valence-electron chi connectivity index (χ3n) is 4.63. The summed E-state index contributed by atoms with van der Waals surface area (Å²) in [7, 11) is 0. The van der Waals surface area contributed by atoms with E-state index in [1.807, 2.05) is 46.3 Å². The van der Waals surface area contributed by atoms with E-state index >= 15 is 0 Å². The second-order valence-electron chi connectivity index (χ2n) is 7.43. The number of hydrogen-bond acceptors (Lipinski definition) is 6. The Balaban J connectivity index is 1.56. The Hall–Kier alpha value is -3.33. The number of amides is 1. The number of fused-ring (bicyclic) bond motifs is 1. The molecule has 0 bridgehead atoms. The molecule has 154 valence electrons. The molecule has 0 saturated heterocycles. The Bertz CT molecular complexity index is 1210. The van der Waals surface area contributed by atoms with Gasteiger partial charge in [-0.1, -0.05) is 26.0 Å². The van der Waals surface area contributed by atoms with Gasteiger partial charge in [0.15, 0.2) is 11.5 Å². The molecule has 0 spiro atoms. The van der Waals surface area contributed by atoms with Gasteiger partial charge in [0, 0.05) is 12.3 Å². The third-order valence-corrected chi connectivity index (χ3v) is 5.52. The summed E-state index contributed by atoms with van der Waals surface area (Å²) in [6, 6.07) is 12.3. The van der Waals surface area contributed by atoms with Crippen molar-refractivity contribution < 1.29 is 4.79 Å². The average molecular weight is 423 g/mol. The monoisotopic (exact) mass is 422 g/mol. The number of rotatable bonds is 7. The van der Waals surface area contributed by atoms with E-state index in [4.69, 9.17) is 0 Å². The van der Waals surface area contributed by atoms with Crippen LogP contribution in [0.2, 0.25) is 0 Å². The number of aromatic nitrogens is 5. The summed E-state index contributed by atoms with van der Waals surface area (Å²) in [5.74, 6) is 0.695. The van der Waals surface area contributed by atoms with E-state index in [1.54, 1.807) is 6.07 Å². The summed E-state index contributed by atoms with van der Waals surface area (Å²) in [5.41, 5.74) is 1.07. The number of nitrogens with one attached hydrogen (secondary N) is 1. The standard InChI is InChI=1S/C21H22N6O2S/c1-14(2)12-16(21-24-23-18-7-3-4-10-26(18)21)22-19(28)13-27-20(29)9-8-15(25-27)17-6-5-11-30-17/h3-11,14,16H,12-13H2,1-2H3,(H,22,28)/t16-/m0/s1. The van der Waals surface area contributed by atoms with Gasteiger partial charge < -0.3 is 5.32 Å². The van der Waals surface area contributed by atoms with Crippen LogP contribution in [0.5, 0.6) is 0 Å². The van der Waals surface area contributed by atoms with Crippen LogP contribution in [0.15, 0.2) is 58.8 Å². The number of thiophene rings is 1. The van der Waals surface area contributed by atoms with Crippen LogP contribution in [0.4, 0.5) is 0 Å². The van der Waals surface area contributed by atoms with Gasteiger partial charge in [-0.2, -0.15) is 5.10 Å². The minimum absolute atomic E-state index is 0.163. The molecule has 1 N–H and O–H groups in total. The Morgan fingerprint density at radius 2 is 2.00 bits per heavy atom. The molecule has 0 aromatic carbocycles. The van der Waals surface area contributed by atoms with E-state index in [1.165, 1.54) is 22.1 Å². The van der Waals surface area contributed by atoms with Crippen molar-refractivity contribution in [1.82, 2.24) is 29.7 Å². The lowest BCUT2D eigenvalue weighted by atomic mass is 10.0. The van der Waals surface area contributed by atoms with Crippen LogP contribution in [0.25, 0.3) is 16.2 Å².